The maximum Gasteiger partial charge on any atom is 0.264 e. The predicted molar refractivity (Wildman–Crippen MR) is 86.0 cm³/mol. The third-order valence-corrected chi connectivity index (χ3v) is 4.12. The summed E-state index contributed by atoms with van der Waals surface area (Å²) in [5.41, 5.74) is 1.10. The highest BCUT2D eigenvalue weighted by atomic mass is 32.2. The highest BCUT2D eigenvalue weighted by Gasteiger charge is 2.07. The van der Waals surface area contributed by atoms with Crippen LogP contribution in [0.2, 0.25) is 0 Å². The van der Waals surface area contributed by atoms with Crippen molar-refractivity contribution in [1.29, 1.82) is 0 Å². The van der Waals surface area contributed by atoms with Crippen LogP contribution in [0.25, 0.3) is 21.5 Å². The van der Waals surface area contributed by atoms with E-state index in [0.717, 1.165) is 17.2 Å². The Morgan fingerprint density at radius 2 is 1.62 bits per heavy atom. The zero-order valence-corrected chi connectivity index (χ0v) is 12.6. The van der Waals surface area contributed by atoms with Crippen LogP contribution < -0.4 is 0 Å². The molecule has 0 N–H and O–H groups in total. The average molecular weight is 300 g/mol. The van der Waals surface area contributed by atoms with Crippen molar-refractivity contribution >= 4 is 31.7 Å². The van der Waals surface area contributed by atoms with E-state index in [9.17, 15) is 8.42 Å². The van der Waals surface area contributed by atoms with Gasteiger partial charge in [0.2, 0.25) is 0 Å². The molecule has 21 heavy (non-hydrogen) atoms. The summed E-state index contributed by atoms with van der Waals surface area (Å²) in [5.74, 6) is 0. The van der Waals surface area contributed by atoms with Crippen LogP contribution in [-0.2, 0) is 20.7 Å². The minimum Gasteiger partial charge on any atom is -0.270 e. The van der Waals surface area contributed by atoms with Crippen LogP contribution in [0.5, 0.6) is 0 Å². The molecular formula is C17H16O3S. The molecule has 0 amide bonds. The lowest BCUT2D eigenvalue weighted by atomic mass is 9.96. The molecule has 0 atom stereocenters. The molecule has 0 bridgehead atoms. The summed E-state index contributed by atoms with van der Waals surface area (Å²) in [7, 11) is -3.39. The van der Waals surface area contributed by atoms with Gasteiger partial charge in [0.1, 0.15) is 0 Å². The molecule has 0 aliphatic heterocycles. The van der Waals surface area contributed by atoms with Crippen molar-refractivity contribution in [2.75, 3.05) is 12.9 Å². The summed E-state index contributed by atoms with van der Waals surface area (Å²) >= 11 is 0. The molecular weight excluding hydrogens is 284 g/mol. The van der Waals surface area contributed by atoms with Crippen LogP contribution >= 0.6 is 0 Å². The van der Waals surface area contributed by atoms with Gasteiger partial charge in [-0.05, 0) is 33.5 Å². The highest BCUT2D eigenvalue weighted by molar-refractivity contribution is 7.85. The molecule has 0 aliphatic carbocycles. The molecule has 4 heteroatoms. The molecule has 0 heterocycles. The van der Waals surface area contributed by atoms with Crippen molar-refractivity contribution in [2.24, 2.45) is 0 Å². The lowest BCUT2D eigenvalue weighted by molar-refractivity contribution is 0.326. The fourth-order valence-corrected chi connectivity index (χ4v) is 3.03. The highest BCUT2D eigenvalue weighted by Crippen LogP contribution is 2.28. The first-order valence-corrected chi connectivity index (χ1v) is 8.60. The van der Waals surface area contributed by atoms with E-state index < -0.39 is 10.1 Å². The molecule has 3 rings (SSSR count). The number of benzene rings is 3. The van der Waals surface area contributed by atoms with Gasteiger partial charge in [0.25, 0.3) is 10.1 Å². The lowest BCUT2D eigenvalue weighted by Gasteiger charge is -2.10. The molecule has 3 aromatic carbocycles. The standard InChI is InChI=1S/C17H16O3S/c1-21(18,19)20-12-11-15-7-4-6-14-10-9-13-5-2-3-8-16(13)17(14)15/h2-10H,11-12H2,1H3. The molecule has 0 saturated heterocycles. The summed E-state index contributed by atoms with van der Waals surface area (Å²) in [4.78, 5) is 0. The van der Waals surface area contributed by atoms with E-state index in [1.165, 1.54) is 16.2 Å². The Labute approximate surface area is 124 Å². The first-order valence-electron chi connectivity index (χ1n) is 6.78. The van der Waals surface area contributed by atoms with Gasteiger partial charge in [-0.15, -0.1) is 0 Å². The van der Waals surface area contributed by atoms with Gasteiger partial charge < -0.3 is 0 Å². The quantitative estimate of drug-likeness (QED) is 0.547. The number of rotatable bonds is 4. The summed E-state index contributed by atoms with van der Waals surface area (Å²) in [5, 5.41) is 4.70. The number of hydrogen-bond acceptors (Lipinski definition) is 3. The van der Waals surface area contributed by atoms with E-state index in [2.05, 4.69) is 30.3 Å². The Bertz CT molecular complexity index is 898. The molecule has 0 radical (unpaired) electrons. The Morgan fingerprint density at radius 1 is 0.905 bits per heavy atom. The minimum atomic E-state index is -3.39. The van der Waals surface area contributed by atoms with Crippen LogP contribution in [0.15, 0.2) is 54.6 Å². The van der Waals surface area contributed by atoms with Gasteiger partial charge in [-0.2, -0.15) is 8.42 Å². The van der Waals surface area contributed by atoms with Crippen molar-refractivity contribution in [3.05, 3.63) is 60.2 Å². The number of fused-ring (bicyclic) bond motifs is 3. The van der Waals surface area contributed by atoms with Crippen LogP contribution in [0, 0.1) is 0 Å². The third kappa shape index (κ3) is 3.06. The van der Waals surface area contributed by atoms with Crippen molar-refractivity contribution in [1.82, 2.24) is 0 Å². The van der Waals surface area contributed by atoms with Crippen molar-refractivity contribution in [2.45, 2.75) is 6.42 Å². The third-order valence-electron chi connectivity index (χ3n) is 3.52. The monoisotopic (exact) mass is 300 g/mol. The lowest BCUT2D eigenvalue weighted by Crippen LogP contribution is -2.06. The van der Waals surface area contributed by atoms with Gasteiger partial charge in [-0.25, -0.2) is 0 Å². The Balaban J connectivity index is 2.07. The molecule has 0 aromatic heterocycles. The average Bonchev–Trinajstić information content (AvgIpc) is 2.46. The van der Waals surface area contributed by atoms with E-state index in [1.807, 2.05) is 24.3 Å². The fourth-order valence-electron chi connectivity index (χ4n) is 2.65. The van der Waals surface area contributed by atoms with E-state index in [0.29, 0.717) is 6.42 Å². The van der Waals surface area contributed by atoms with E-state index in [4.69, 9.17) is 4.18 Å². The Hall–Kier alpha value is -1.91. The summed E-state index contributed by atoms with van der Waals surface area (Å²) in [6, 6.07) is 18.5. The van der Waals surface area contributed by atoms with Gasteiger partial charge in [-0.1, -0.05) is 54.6 Å². The molecule has 0 spiro atoms. The van der Waals surface area contributed by atoms with Crippen molar-refractivity contribution in [3.63, 3.8) is 0 Å². The van der Waals surface area contributed by atoms with Crippen LogP contribution in [0.1, 0.15) is 5.56 Å². The maximum atomic E-state index is 11.1. The van der Waals surface area contributed by atoms with Crippen LogP contribution in [-0.4, -0.2) is 21.3 Å². The van der Waals surface area contributed by atoms with E-state index in [-0.39, 0.29) is 6.61 Å². The first-order chi connectivity index (χ1) is 10.0. The largest absolute Gasteiger partial charge is 0.270 e. The van der Waals surface area contributed by atoms with Gasteiger partial charge in [0.15, 0.2) is 0 Å². The van der Waals surface area contributed by atoms with Crippen LogP contribution in [0.3, 0.4) is 0 Å². The summed E-state index contributed by atoms with van der Waals surface area (Å²) in [6.07, 6.45) is 1.64. The fraction of sp³-hybridized carbons (Fsp3) is 0.176. The van der Waals surface area contributed by atoms with Gasteiger partial charge in [0, 0.05) is 0 Å². The van der Waals surface area contributed by atoms with Crippen molar-refractivity contribution < 1.29 is 12.6 Å². The first kappa shape index (κ1) is 14.0. The van der Waals surface area contributed by atoms with Gasteiger partial charge in [0.05, 0.1) is 12.9 Å². The molecule has 0 fully saturated rings. The molecule has 0 saturated carbocycles. The topological polar surface area (TPSA) is 43.4 Å². The SMILES string of the molecule is CS(=O)(=O)OCCc1cccc2ccc3ccccc3c12. The second-order valence-electron chi connectivity index (χ2n) is 5.08. The smallest absolute Gasteiger partial charge is 0.264 e. The Kier molecular flexibility index (Phi) is 3.66. The molecule has 108 valence electrons. The second kappa shape index (κ2) is 5.47. The zero-order valence-electron chi connectivity index (χ0n) is 11.7. The van der Waals surface area contributed by atoms with Crippen LogP contribution in [0.4, 0.5) is 0 Å². The van der Waals surface area contributed by atoms with Crippen molar-refractivity contribution in [3.8, 4) is 0 Å². The zero-order chi connectivity index (χ0) is 14.9. The maximum absolute atomic E-state index is 11.1. The summed E-state index contributed by atoms with van der Waals surface area (Å²) < 4.78 is 27.0. The number of hydrogen-bond donors (Lipinski definition) is 0. The van der Waals surface area contributed by atoms with Gasteiger partial charge >= 0.3 is 0 Å². The molecule has 3 aromatic rings. The van der Waals surface area contributed by atoms with Gasteiger partial charge in [-0.3, -0.25) is 4.18 Å². The van der Waals surface area contributed by atoms with E-state index >= 15 is 0 Å². The normalized spacial score (nSPS) is 12.0. The second-order valence-corrected chi connectivity index (χ2v) is 6.72. The molecule has 0 unspecified atom stereocenters. The van der Waals surface area contributed by atoms with E-state index in [1.54, 1.807) is 0 Å². The Morgan fingerprint density at radius 3 is 2.43 bits per heavy atom. The minimum absolute atomic E-state index is 0.168. The molecule has 0 aliphatic rings. The predicted octanol–water partition coefficient (Wildman–Crippen LogP) is 3.51. The molecule has 3 nitrogen and oxygen atoms in total. The summed E-state index contributed by atoms with van der Waals surface area (Å²) in [6.45, 7) is 0.168.